The summed E-state index contributed by atoms with van der Waals surface area (Å²) in [5.74, 6) is -0.890. The number of ether oxygens (including phenoxy) is 1. The van der Waals surface area contributed by atoms with Crippen LogP contribution in [0.15, 0.2) is 79.5 Å². The maximum absolute atomic E-state index is 14.4. The fraction of sp³-hybridized carbons (Fsp3) is 0.120. The molecule has 162 valence electrons. The van der Waals surface area contributed by atoms with Gasteiger partial charge in [0.1, 0.15) is 29.7 Å². The minimum atomic E-state index is -0.549. The number of halogens is 2. The lowest BCUT2D eigenvalue weighted by molar-refractivity contribution is 0.0942. The first-order chi connectivity index (χ1) is 15.6. The predicted molar refractivity (Wildman–Crippen MR) is 118 cm³/mol. The molecule has 0 bridgehead atoms. The second kappa shape index (κ2) is 9.43. The normalized spacial score (nSPS) is 10.8. The molecule has 0 saturated carbocycles. The largest absolute Gasteiger partial charge is 0.489 e. The summed E-state index contributed by atoms with van der Waals surface area (Å²) in [7, 11) is 0. The lowest BCUT2D eigenvalue weighted by Gasteiger charge is -2.12. The first kappa shape index (κ1) is 21.2. The van der Waals surface area contributed by atoms with Crippen LogP contribution in [0.25, 0.3) is 10.9 Å². The highest BCUT2D eigenvalue weighted by atomic mass is 19.1. The van der Waals surface area contributed by atoms with Gasteiger partial charge in [-0.1, -0.05) is 24.8 Å². The Morgan fingerprint density at radius 1 is 1.12 bits per heavy atom. The van der Waals surface area contributed by atoms with Crippen molar-refractivity contribution in [2.24, 2.45) is 0 Å². The van der Waals surface area contributed by atoms with Crippen molar-refractivity contribution in [2.45, 2.75) is 13.1 Å². The van der Waals surface area contributed by atoms with E-state index in [1.807, 2.05) is 12.1 Å². The van der Waals surface area contributed by atoms with Crippen molar-refractivity contribution < 1.29 is 18.3 Å². The van der Waals surface area contributed by atoms with Crippen molar-refractivity contribution in [1.29, 1.82) is 0 Å². The molecule has 4 rings (SSSR count). The number of nitrogens with zero attached hydrogens (tertiary/aromatic N) is 2. The molecule has 0 saturated heterocycles. The fourth-order valence-electron chi connectivity index (χ4n) is 3.49. The first-order valence-electron chi connectivity index (χ1n) is 10.0. The van der Waals surface area contributed by atoms with E-state index in [0.29, 0.717) is 34.6 Å². The van der Waals surface area contributed by atoms with E-state index in [9.17, 15) is 13.6 Å². The van der Waals surface area contributed by atoms with Crippen LogP contribution in [0, 0.1) is 11.6 Å². The topological polar surface area (TPSA) is 56.1 Å². The Bertz CT molecular complexity index is 1270. The second-order valence-electron chi connectivity index (χ2n) is 7.14. The molecule has 5 nitrogen and oxygen atoms in total. The molecular formula is C25H21F2N3O2. The number of aromatic nitrogens is 2. The maximum atomic E-state index is 14.4. The number of amides is 1. The summed E-state index contributed by atoms with van der Waals surface area (Å²) < 4.78 is 35.5. The van der Waals surface area contributed by atoms with E-state index >= 15 is 0 Å². The van der Waals surface area contributed by atoms with E-state index in [4.69, 9.17) is 4.74 Å². The maximum Gasteiger partial charge on any atom is 0.268 e. The zero-order valence-corrected chi connectivity index (χ0v) is 17.2. The molecule has 4 aromatic rings. The number of hydrogen-bond acceptors (Lipinski definition) is 3. The molecule has 1 amide bonds. The van der Waals surface area contributed by atoms with Gasteiger partial charge in [-0.3, -0.25) is 9.78 Å². The van der Waals surface area contributed by atoms with Gasteiger partial charge in [0.25, 0.3) is 5.91 Å². The van der Waals surface area contributed by atoms with Crippen LogP contribution in [-0.2, 0) is 13.1 Å². The Kier molecular flexibility index (Phi) is 6.26. The molecule has 2 aromatic carbocycles. The van der Waals surface area contributed by atoms with Crippen LogP contribution in [0.2, 0.25) is 0 Å². The quantitative estimate of drug-likeness (QED) is 0.404. The monoisotopic (exact) mass is 433 g/mol. The Balaban J connectivity index is 1.75. The van der Waals surface area contributed by atoms with Crippen LogP contribution in [0.5, 0.6) is 5.75 Å². The summed E-state index contributed by atoms with van der Waals surface area (Å²) in [5, 5.41) is 3.53. The zero-order valence-electron chi connectivity index (χ0n) is 17.2. The zero-order chi connectivity index (χ0) is 22.5. The highest BCUT2D eigenvalue weighted by Gasteiger charge is 2.19. The minimum Gasteiger partial charge on any atom is -0.489 e. The smallest absolute Gasteiger partial charge is 0.268 e. The number of carbonyl (C=O) groups excluding carboxylic acids is 1. The van der Waals surface area contributed by atoms with E-state index < -0.39 is 11.6 Å². The van der Waals surface area contributed by atoms with Crippen LogP contribution >= 0.6 is 0 Å². The minimum absolute atomic E-state index is 0.0235. The average molecular weight is 433 g/mol. The number of hydrogen-bond donors (Lipinski definition) is 1. The van der Waals surface area contributed by atoms with E-state index in [2.05, 4.69) is 16.9 Å². The van der Waals surface area contributed by atoms with Gasteiger partial charge in [0.15, 0.2) is 0 Å². The van der Waals surface area contributed by atoms with Gasteiger partial charge in [0.05, 0.1) is 24.3 Å². The molecule has 0 radical (unpaired) electrons. The van der Waals surface area contributed by atoms with Gasteiger partial charge < -0.3 is 14.6 Å². The number of pyridine rings is 1. The summed E-state index contributed by atoms with van der Waals surface area (Å²) in [5.41, 5.74) is 1.81. The summed E-state index contributed by atoms with van der Waals surface area (Å²) in [6, 6.07) is 15.8. The summed E-state index contributed by atoms with van der Waals surface area (Å²) in [4.78, 5) is 17.3. The Morgan fingerprint density at radius 2 is 2.00 bits per heavy atom. The lowest BCUT2D eigenvalue weighted by Crippen LogP contribution is -2.26. The second-order valence-corrected chi connectivity index (χ2v) is 7.14. The van der Waals surface area contributed by atoms with Crippen LogP contribution in [0.1, 0.15) is 21.7 Å². The molecule has 0 fully saturated rings. The number of rotatable bonds is 8. The Labute approximate surface area is 184 Å². The average Bonchev–Trinajstić information content (AvgIpc) is 3.18. The van der Waals surface area contributed by atoms with Gasteiger partial charge in [0.2, 0.25) is 0 Å². The Hall–Kier alpha value is -4.00. The standard InChI is InChI=1S/C25H21F2N3O2/c1-2-12-32-24-8-5-7-22-20(24)14-23(25(31)29-15-19-6-3-4-11-28-19)30(22)16-17-13-18(26)9-10-21(17)27/h2-11,13-14H,1,12,15-16H2,(H,29,31). The molecule has 0 aliphatic rings. The molecule has 0 aliphatic carbocycles. The van der Waals surface area contributed by atoms with Gasteiger partial charge in [-0.05, 0) is 48.5 Å². The SMILES string of the molecule is C=CCOc1cccc2c1cc(C(=O)NCc1ccccn1)n2Cc1cc(F)ccc1F. The first-order valence-corrected chi connectivity index (χ1v) is 10.0. The van der Waals surface area contributed by atoms with Gasteiger partial charge in [0, 0.05) is 17.1 Å². The van der Waals surface area contributed by atoms with Crippen molar-refractivity contribution in [2.75, 3.05) is 6.61 Å². The fourth-order valence-corrected chi connectivity index (χ4v) is 3.49. The molecule has 1 N–H and O–H groups in total. The lowest BCUT2D eigenvalue weighted by atomic mass is 10.2. The van der Waals surface area contributed by atoms with Gasteiger partial charge in [-0.2, -0.15) is 0 Å². The van der Waals surface area contributed by atoms with Crippen molar-refractivity contribution in [3.8, 4) is 5.75 Å². The van der Waals surface area contributed by atoms with Crippen LogP contribution < -0.4 is 10.1 Å². The van der Waals surface area contributed by atoms with E-state index in [1.54, 1.807) is 47.2 Å². The van der Waals surface area contributed by atoms with Crippen molar-refractivity contribution in [3.05, 3.63) is 108 Å². The predicted octanol–water partition coefficient (Wildman–Crippen LogP) is 4.86. The van der Waals surface area contributed by atoms with Crippen LogP contribution in [-0.4, -0.2) is 22.1 Å². The molecule has 2 aromatic heterocycles. The molecule has 0 aliphatic heterocycles. The molecule has 2 heterocycles. The number of nitrogens with one attached hydrogen (secondary N) is 1. The van der Waals surface area contributed by atoms with E-state index in [0.717, 1.165) is 18.2 Å². The summed E-state index contributed by atoms with van der Waals surface area (Å²) in [6.45, 7) is 4.16. The van der Waals surface area contributed by atoms with Crippen LogP contribution in [0.3, 0.4) is 0 Å². The van der Waals surface area contributed by atoms with E-state index in [1.165, 1.54) is 0 Å². The third-order valence-electron chi connectivity index (χ3n) is 4.99. The number of fused-ring (bicyclic) bond motifs is 1. The third kappa shape index (κ3) is 4.51. The van der Waals surface area contributed by atoms with Crippen molar-refractivity contribution >= 4 is 16.8 Å². The number of carbonyl (C=O) groups is 1. The summed E-state index contributed by atoms with van der Waals surface area (Å²) in [6.07, 6.45) is 3.27. The number of benzene rings is 2. The van der Waals surface area contributed by atoms with Gasteiger partial charge >= 0.3 is 0 Å². The molecule has 0 spiro atoms. The molecule has 0 atom stereocenters. The van der Waals surface area contributed by atoms with E-state index in [-0.39, 0.29) is 24.6 Å². The van der Waals surface area contributed by atoms with Crippen molar-refractivity contribution in [3.63, 3.8) is 0 Å². The van der Waals surface area contributed by atoms with Gasteiger partial charge in [-0.15, -0.1) is 0 Å². The molecule has 7 heteroatoms. The summed E-state index contributed by atoms with van der Waals surface area (Å²) >= 11 is 0. The highest BCUT2D eigenvalue weighted by molar-refractivity contribution is 6.00. The molecular weight excluding hydrogens is 412 g/mol. The van der Waals surface area contributed by atoms with Crippen LogP contribution in [0.4, 0.5) is 8.78 Å². The molecule has 0 unspecified atom stereocenters. The third-order valence-corrected chi connectivity index (χ3v) is 4.99. The Morgan fingerprint density at radius 3 is 2.78 bits per heavy atom. The highest BCUT2D eigenvalue weighted by Crippen LogP contribution is 2.30. The molecule has 32 heavy (non-hydrogen) atoms. The van der Waals surface area contributed by atoms with Crippen molar-refractivity contribution in [1.82, 2.24) is 14.9 Å². The van der Waals surface area contributed by atoms with Gasteiger partial charge in [-0.25, -0.2) is 8.78 Å².